The molecule has 5 nitrogen and oxygen atoms in total. The van der Waals surface area contributed by atoms with Crippen LogP contribution in [0.5, 0.6) is 0 Å². The molecule has 0 fully saturated rings. The van der Waals surface area contributed by atoms with Gasteiger partial charge in [0, 0.05) is 29.7 Å². The molecule has 32 heavy (non-hydrogen) atoms. The quantitative estimate of drug-likeness (QED) is 0.140. The summed E-state index contributed by atoms with van der Waals surface area (Å²) in [5.41, 5.74) is 4.80. The van der Waals surface area contributed by atoms with Crippen LogP contribution in [0, 0.1) is 0 Å². The SMILES string of the molecule is C=CCn1c2ccccc2c2nnc(SCCCC(=O)c3ccc(C(C)(C)C)cc3)nc21. The number of fused-ring (bicyclic) bond motifs is 3. The van der Waals surface area contributed by atoms with Crippen LogP contribution in [-0.2, 0) is 12.0 Å². The van der Waals surface area contributed by atoms with Crippen molar-refractivity contribution in [2.24, 2.45) is 0 Å². The summed E-state index contributed by atoms with van der Waals surface area (Å²) < 4.78 is 2.11. The first-order valence-corrected chi connectivity index (χ1v) is 11.9. The molecule has 2 aromatic carbocycles. The average Bonchev–Trinajstić information content (AvgIpc) is 3.09. The van der Waals surface area contributed by atoms with Gasteiger partial charge < -0.3 is 4.57 Å². The number of hydrogen-bond acceptors (Lipinski definition) is 5. The molecule has 6 heteroatoms. The molecule has 0 unspecified atom stereocenters. The largest absolute Gasteiger partial charge is 0.320 e. The van der Waals surface area contributed by atoms with E-state index in [1.807, 2.05) is 36.4 Å². The lowest BCUT2D eigenvalue weighted by Gasteiger charge is -2.18. The molecule has 0 N–H and O–H groups in total. The van der Waals surface area contributed by atoms with E-state index in [1.54, 1.807) is 0 Å². The molecule has 0 atom stereocenters. The van der Waals surface area contributed by atoms with Gasteiger partial charge in [-0.05, 0) is 23.5 Å². The van der Waals surface area contributed by atoms with E-state index in [1.165, 1.54) is 17.3 Å². The monoisotopic (exact) mass is 444 g/mol. The molecule has 0 saturated heterocycles. The van der Waals surface area contributed by atoms with Crippen LogP contribution in [-0.4, -0.2) is 31.3 Å². The standard InChI is InChI=1S/C26H28N4OS/c1-5-16-30-21-10-7-6-9-20(21)23-24(30)27-25(29-28-23)32-17-8-11-22(31)18-12-14-19(15-13-18)26(2,3)4/h5-7,9-10,12-15H,1,8,11,16-17H2,2-4H3. The van der Waals surface area contributed by atoms with Crippen molar-refractivity contribution in [3.05, 3.63) is 72.3 Å². The minimum Gasteiger partial charge on any atom is -0.320 e. The van der Waals surface area contributed by atoms with Gasteiger partial charge in [-0.25, -0.2) is 4.98 Å². The molecule has 0 spiro atoms. The zero-order valence-corrected chi connectivity index (χ0v) is 19.7. The number of allylic oxidation sites excluding steroid dienone is 1. The first-order chi connectivity index (χ1) is 15.4. The molecular weight excluding hydrogens is 416 g/mol. The van der Waals surface area contributed by atoms with Crippen LogP contribution in [0.3, 0.4) is 0 Å². The van der Waals surface area contributed by atoms with E-state index < -0.39 is 0 Å². The predicted octanol–water partition coefficient (Wildman–Crippen LogP) is 6.22. The fourth-order valence-electron chi connectivity index (χ4n) is 3.76. The smallest absolute Gasteiger partial charge is 0.211 e. The number of thioether (sulfide) groups is 1. The Morgan fingerprint density at radius 2 is 1.84 bits per heavy atom. The number of carbonyl (C=O) groups excluding carboxylic acids is 1. The van der Waals surface area contributed by atoms with Gasteiger partial charge in [-0.1, -0.05) is 81.1 Å². The summed E-state index contributed by atoms with van der Waals surface area (Å²) in [6, 6.07) is 16.1. The average molecular weight is 445 g/mol. The molecule has 2 aromatic heterocycles. The normalized spacial score (nSPS) is 11.8. The van der Waals surface area contributed by atoms with Crippen LogP contribution in [0.1, 0.15) is 49.5 Å². The molecule has 0 radical (unpaired) electrons. The fraction of sp³-hybridized carbons (Fsp3) is 0.308. The third-order valence-corrected chi connectivity index (χ3v) is 6.44. The summed E-state index contributed by atoms with van der Waals surface area (Å²) in [7, 11) is 0. The van der Waals surface area contributed by atoms with Gasteiger partial charge >= 0.3 is 0 Å². The number of ketones is 1. The van der Waals surface area contributed by atoms with Crippen LogP contribution in [0.2, 0.25) is 0 Å². The second-order valence-corrected chi connectivity index (χ2v) is 9.95. The van der Waals surface area contributed by atoms with Crippen molar-refractivity contribution < 1.29 is 4.79 Å². The Morgan fingerprint density at radius 1 is 1.09 bits per heavy atom. The van der Waals surface area contributed by atoms with Crippen LogP contribution < -0.4 is 0 Å². The number of rotatable bonds is 8. The Morgan fingerprint density at radius 3 is 2.56 bits per heavy atom. The Labute approximate surface area is 193 Å². The number of carbonyl (C=O) groups is 1. The summed E-state index contributed by atoms with van der Waals surface area (Å²) in [5.74, 6) is 0.937. The van der Waals surface area contributed by atoms with E-state index in [2.05, 4.69) is 60.3 Å². The highest BCUT2D eigenvalue weighted by atomic mass is 32.2. The highest BCUT2D eigenvalue weighted by Crippen LogP contribution is 2.27. The number of aromatic nitrogens is 4. The zero-order chi connectivity index (χ0) is 22.7. The summed E-state index contributed by atoms with van der Waals surface area (Å²) in [5, 5.41) is 10.4. The second kappa shape index (κ2) is 9.25. The van der Waals surface area contributed by atoms with Gasteiger partial charge in [0.25, 0.3) is 0 Å². The van der Waals surface area contributed by atoms with Crippen molar-refractivity contribution in [1.29, 1.82) is 0 Å². The van der Waals surface area contributed by atoms with Crippen LogP contribution >= 0.6 is 11.8 Å². The summed E-state index contributed by atoms with van der Waals surface area (Å²) in [6.07, 6.45) is 3.14. The van der Waals surface area contributed by atoms with Gasteiger partial charge in [-0.2, -0.15) is 0 Å². The number of Topliss-reactive ketones (excluding diaryl/α,β-unsaturated/α-hetero) is 1. The first kappa shape index (κ1) is 22.2. The van der Waals surface area contributed by atoms with E-state index in [4.69, 9.17) is 4.98 Å². The van der Waals surface area contributed by atoms with Crippen LogP contribution in [0.15, 0.2) is 66.3 Å². The summed E-state index contributed by atoms with van der Waals surface area (Å²) >= 11 is 1.54. The number of nitrogens with zero attached hydrogens (tertiary/aromatic N) is 4. The van der Waals surface area contributed by atoms with Gasteiger partial charge in [0.2, 0.25) is 5.16 Å². The van der Waals surface area contributed by atoms with Gasteiger partial charge in [0.05, 0.1) is 5.52 Å². The molecule has 0 aliphatic carbocycles. The minimum absolute atomic E-state index is 0.0880. The second-order valence-electron chi connectivity index (χ2n) is 8.89. The summed E-state index contributed by atoms with van der Waals surface area (Å²) in [4.78, 5) is 17.3. The predicted molar refractivity (Wildman–Crippen MR) is 132 cm³/mol. The topological polar surface area (TPSA) is 60.7 Å². The van der Waals surface area contributed by atoms with E-state index in [-0.39, 0.29) is 11.2 Å². The van der Waals surface area contributed by atoms with Crippen molar-refractivity contribution in [3.63, 3.8) is 0 Å². The minimum atomic E-state index is 0.0880. The van der Waals surface area contributed by atoms with Crippen LogP contribution in [0.4, 0.5) is 0 Å². The first-order valence-electron chi connectivity index (χ1n) is 10.9. The van der Waals surface area contributed by atoms with E-state index >= 15 is 0 Å². The molecule has 2 heterocycles. The van der Waals surface area contributed by atoms with Crippen molar-refractivity contribution >= 4 is 39.6 Å². The van der Waals surface area contributed by atoms with Crippen molar-refractivity contribution in [1.82, 2.24) is 19.7 Å². The van der Waals surface area contributed by atoms with Crippen molar-refractivity contribution in [2.75, 3.05) is 5.75 Å². The molecule has 0 saturated carbocycles. The van der Waals surface area contributed by atoms with E-state index in [0.29, 0.717) is 18.1 Å². The van der Waals surface area contributed by atoms with Gasteiger partial charge in [0.15, 0.2) is 11.4 Å². The third kappa shape index (κ3) is 4.60. The van der Waals surface area contributed by atoms with Crippen molar-refractivity contribution in [2.45, 2.75) is 50.7 Å². The zero-order valence-electron chi connectivity index (χ0n) is 18.8. The van der Waals surface area contributed by atoms with Gasteiger partial charge in [-0.3, -0.25) is 4.79 Å². The summed E-state index contributed by atoms with van der Waals surface area (Å²) in [6.45, 7) is 11.0. The van der Waals surface area contributed by atoms with Gasteiger partial charge in [0.1, 0.15) is 5.52 Å². The molecule has 0 aliphatic rings. The number of para-hydroxylation sites is 1. The third-order valence-electron chi connectivity index (χ3n) is 5.52. The lowest BCUT2D eigenvalue weighted by Crippen LogP contribution is -2.11. The molecule has 0 bridgehead atoms. The Kier molecular flexibility index (Phi) is 6.42. The maximum atomic E-state index is 12.5. The van der Waals surface area contributed by atoms with Crippen LogP contribution in [0.25, 0.3) is 22.1 Å². The maximum Gasteiger partial charge on any atom is 0.211 e. The number of hydrogen-bond donors (Lipinski definition) is 0. The molecule has 4 rings (SSSR count). The van der Waals surface area contributed by atoms with E-state index in [0.717, 1.165) is 39.8 Å². The molecule has 0 amide bonds. The molecular formula is C26H28N4OS. The van der Waals surface area contributed by atoms with E-state index in [9.17, 15) is 4.79 Å². The fourth-order valence-corrected chi connectivity index (χ4v) is 4.48. The van der Waals surface area contributed by atoms with Crippen molar-refractivity contribution in [3.8, 4) is 0 Å². The molecule has 164 valence electrons. The maximum absolute atomic E-state index is 12.5. The Bertz CT molecular complexity index is 1270. The lowest BCUT2D eigenvalue weighted by molar-refractivity contribution is 0.0982. The Balaban J connectivity index is 1.40. The van der Waals surface area contributed by atoms with Gasteiger partial charge in [-0.15, -0.1) is 16.8 Å². The molecule has 4 aromatic rings. The highest BCUT2D eigenvalue weighted by molar-refractivity contribution is 7.99. The lowest BCUT2D eigenvalue weighted by atomic mass is 9.86. The highest BCUT2D eigenvalue weighted by Gasteiger charge is 2.15. The Hall–Kier alpha value is -2.99. The number of benzene rings is 2. The molecule has 0 aliphatic heterocycles.